The van der Waals surface area contributed by atoms with Gasteiger partial charge in [0, 0.05) is 12.3 Å². The van der Waals surface area contributed by atoms with Crippen LogP contribution in [-0.4, -0.2) is 29.1 Å². The van der Waals surface area contributed by atoms with Crippen LogP contribution in [0.15, 0.2) is 41.4 Å². The molecule has 0 spiro atoms. The van der Waals surface area contributed by atoms with Crippen LogP contribution in [0.1, 0.15) is 17.3 Å². The lowest BCUT2D eigenvalue weighted by atomic mass is 10.2. The summed E-state index contributed by atoms with van der Waals surface area (Å²) >= 11 is 2.95. The Balaban J connectivity index is 2.13. The molecule has 1 aromatic heterocycles. The van der Waals surface area contributed by atoms with Crippen molar-refractivity contribution in [3.8, 4) is 5.75 Å². The molecular formula is C19H18F2N2O2S2. The molecule has 2 aromatic carbocycles. The molecule has 27 heavy (non-hydrogen) atoms. The van der Waals surface area contributed by atoms with E-state index in [9.17, 15) is 13.6 Å². The number of thiazole rings is 1. The van der Waals surface area contributed by atoms with Gasteiger partial charge >= 0.3 is 0 Å². The molecule has 142 valence electrons. The topological polar surface area (TPSA) is 43.6 Å². The number of carbonyl (C=O) groups is 1. The number of aryl methyl sites for hydroxylation is 1. The maximum atomic E-state index is 13.9. The van der Waals surface area contributed by atoms with Crippen molar-refractivity contribution in [2.24, 2.45) is 4.99 Å². The van der Waals surface area contributed by atoms with E-state index in [-0.39, 0.29) is 0 Å². The summed E-state index contributed by atoms with van der Waals surface area (Å²) < 4.78 is 36.1. The lowest BCUT2D eigenvalue weighted by Gasteiger charge is -2.05. The summed E-state index contributed by atoms with van der Waals surface area (Å²) in [5.74, 6) is -1.23. The van der Waals surface area contributed by atoms with E-state index < -0.39 is 23.1 Å². The van der Waals surface area contributed by atoms with Crippen LogP contribution in [0.25, 0.3) is 10.2 Å². The molecule has 0 aliphatic carbocycles. The molecule has 0 N–H and O–H groups in total. The number of nitrogens with zero attached hydrogens (tertiary/aromatic N) is 2. The zero-order valence-corrected chi connectivity index (χ0v) is 16.5. The predicted octanol–water partition coefficient (Wildman–Crippen LogP) is 4.48. The van der Waals surface area contributed by atoms with Gasteiger partial charge in [-0.05, 0) is 43.5 Å². The second kappa shape index (κ2) is 8.67. The van der Waals surface area contributed by atoms with Crippen molar-refractivity contribution >= 4 is 39.2 Å². The first-order valence-corrected chi connectivity index (χ1v) is 10.5. The number of carbonyl (C=O) groups excluding carboxylic acids is 1. The number of hydrogen-bond acceptors (Lipinski definition) is 4. The molecule has 0 aliphatic heterocycles. The average Bonchev–Trinajstić information content (AvgIpc) is 2.96. The van der Waals surface area contributed by atoms with Crippen LogP contribution < -0.4 is 9.54 Å². The molecule has 0 atom stereocenters. The number of ether oxygens (including phenoxy) is 1. The second-order valence-electron chi connectivity index (χ2n) is 5.61. The fraction of sp³-hybridized carbons (Fsp3) is 0.263. The zero-order chi connectivity index (χ0) is 19.4. The number of aromatic nitrogens is 1. The third-order valence-corrected chi connectivity index (χ3v) is 5.49. The molecule has 0 radical (unpaired) electrons. The van der Waals surface area contributed by atoms with Crippen molar-refractivity contribution in [2.45, 2.75) is 13.5 Å². The summed E-state index contributed by atoms with van der Waals surface area (Å²) in [5, 5.41) is 0. The van der Waals surface area contributed by atoms with E-state index >= 15 is 0 Å². The number of fused-ring (bicyclic) bond motifs is 1. The summed E-state index contributed by atoms with van der Waals surface area (Å²) in [6.45, 7) is 3.08. The van der Waals surface area contributed by atoms with Crippen LogP contribution >= 0.6 is 23.1 Å². The van der Waals surface area contributed by atoms with E-state index in [1.807, 2.05) is 35.9 Å². The smallest absolute Gasteiger partial charge is 0.285 e. The van der Waals surface area contributed by atoms with E-state index in [4.69, 9.17) is 4.74 Å². The molecule has 0 aliphatic rings. The van der Waals surface area contributed by atoms with Crippen LogP contribution in [0.5, 0.6) is 5.75 Å². The minimum atomic E-state index is -0.930. The van der Waals surface area contributed by atoms with Crippen molar-refractivity contribution < 1.29 is 18.3 Å². The van der Waals surface area contributed by atoms with Gasteiger partial charge in [-0.2, -0.15) is 16.8 Å². The normalized spacial score (nSPS) is 11.9. The van der Waals surface area contributed by atoms with Gasteiger partial charge in [-0.1, -0.05) is 17.4 Å². The molecule has 1 heterocycles. The Bertz CT molecular complexity index is 1020. The summed E-state index contributed by atoms with van der Waals surface area (Å²) in [6.07, 6.45) is 1.99. The van der Waals surface area contributed by atoms with Gasteiger partial charge in [0.05, 0.1) is 16.8 Å². The lowest BCUT2D eigenvalue weighted by molar-refractivity contribution is 0.0990. The minimum Gasteiger partial charge on any atom is -0.494 e. The highest BCUT2D eigenvalue weighted by molar-refractivity contribution is 7.98. The lowest BCUT2D eigenvalue weighted by Crippen LogP contribution is -2.19. The van der Waals surface area contributed by atoms with Crippen molar-refractivity contribution in [3.63, 3.8) is 0 Å². The van der Waals surface area contributed by atoms with Gasteiger partial charge in [-0.3, -0.25) is 4.79 Å². The van der Waals surface area contributed by atoms with Crippen LogP contribution in [0, 0.1) is 11.6 Å². The van der Waals surface area contributed by atoms with Crippen LogP contribution in [-0.2, 0) is 6.54 Å². The predicted molar refractivity (Wildman–Crippen MR) is 106 cm³/mol. The average molecular weight is 408 g/mol. The Labute approximate surface area is 163 Å². The first-order chi connectivity index (χ1) is 13.0. The summed E-state index contributed by atoms with van der Waals surface area (Å²) in [5.41, 5.74) is 0.263. The van der Waals surface area contributed by atoms with Crippen molar-refractivity contribution in [3.05, 3.63) is 58.4 Å². The molecule has 0 bridgehead atoms. The van der Waals surface area contributed by atoms with Gasteiger partial charge < -0.3 is 9.30 Å². The van der Waals surface area contributed by atoms with Gasteiger partial charge in [0.1, 0.15) is 22.9 Å². The maximum absolute atomic E-state index is 13.9. The quantitative estimate of drug-likeness (QED) is 0.604. The SMILES string of the molecule is CCOc1ccc2c(c1)sc(=NC(=O)c1c(F)cccc1F)n2CCSC. The molecule has 0 fully saturated rings. The second-order valence-corrected chi connectivity index (χ2v) is 7.60. The highest BCUT2D eigenvalue weighted by atomic mass is 32.2. The van der Waals surface area contributed by atoms with Crippen molar-refractivity contribution in [1.82, 2.24) is 4.57 Å². The molecule has 3 aromatic rings. The third kappa shape index (κ3) is 4.22. The first kappa shape index (κ1) is 19.6. The Hall–Kier alpha value is -2.19. The van der Waals surface area contributed by atoms with Gasteiger partial charge in [-0.25, -0.2) is 8.78 Å². The van der Waals surface area contributed by atoms with E-state index in [0.29, 0.717) is 18.0 Å². The number of rotatable bonds is 6. The Morgan fingerprint density at radius 2 is 2.00 bits per heavy atom. The van der Waals surface area contributed by atoms with E-state index in [0.717, 1.165) is 33.9 Å². The van der Waals surface area contributed by atoms with Crippen LogP contribution in [0.4, 0.5) is 8.78 Å². The highest BCUT2D eigenvalue weighted by Gasteiger charge is 2.17. The van der Waals surface area contributed by atoms with Gasteiger partial charge in [0.25, 0.3) is 5.91 Å². The summed E-state index contributed by atoms with van der Waals surface area (Å²) in [4.78, 5) is 16.9. The molecular weight excluding hydrogens is 390 g/mol. The van der Waals surface area contributed by atoms with Crippen molar-refractivity contribution in [2.75, 3.05) is 18.6 Å². The summed E-state index contributed by atoms with van der Waals surface area (Å²) in [7, 11) is 0. The van der Waals surface area contributed by atoms with Crippen molar-refractivity contribution in [1.29, 1.82) is 0 Å². The van der Waals surface area contributed by atoms with Crippen LogP contribution in [0.3, 0.4) is 0 Å². The first-order valence-electron chi connectivity index (χ1n) is 8.33. The van der Waals surface area contributed by atoms with E-state index in [1.165, 1.54) is 17.4 Å². The molecule has 4 nitrogen and oxygen atoms in total. The number of thioether (sulfide) groups is 1. The number of halogens is 2. The number of hydrogen-bond donors (Lipinski definition) is 0. The van der Waals surface area contributed by atoms with Gasteiger partial charge in [0.2, 0.25) is 0 Å². The molecule has 0 saturated carbocycles. The zero-order valence-electron chi connectivity index (χ0n) is 14.9. The monoisotopic (exact) mass is 408 g/mol. The standard InChI is InChI=1S/C19H18F2N2O2S2/c1-3-25-12-7-8-15-16(11-12)27-19(23(15)9-10-26-2)22-18(24)17-13(20)5-4-6-14(17)21/h4-8,11H,3,9-10H2,1-2H3. The Morgan fingerprint density at radius 1 is 1.26 bits per heavy atom. The molecule has 3 rings (SSSR count). The van der Waals surface area contributed by atoms with E-state index in [1.54, 1.807) is 11.8 Å². The fourth-order valence-corrected chi connectivity index (χ4v) is 4.09. The molecule has 0 saturated heterocycles. The number of benzene rings is 2. The molecule has 8 heteroatoms. The fourth-order valence-electron chi connectivity index (χ4n) is 2.64. The third-order valence-electron chi connectivity index (χ3n) is 3.86. The van der Waals surface area contributed by atoms with Gasteiger partial charge in [-0.15, -0.1) is 0 Å². The number of amides is 1. The van der Waals surface area contributed by atoms with Gasteiger partial charge in [0.15, 0.2) is 4.80 Å². The summed E-state index contributed by atoms with van der Waals surface area (Å²) in [6, 6.07) is 8.96. The maximum Gasteiger partial charge on any atom is 0.285 e. The molecule has 1 amide bonds. The Kier molecular flexibility index (Phi) is 6.28. The molecule has 0 unspecified atom stereocenters. The van der Waals surface area contributed by atoms with E-state index in [2.05, 4.69) is 4.99 Å². The minimum absolute atomic E-state index is 0.403. The highest BCUT2D eigenvalue weighted by Crippen LogP contribution is 2.24. The Morgan fingerprint density at radius 3 is 2.67 bits per heavy atom. The largest absolute Gasteiger partial charge is 0.494 e. The van der Waals surface area contributed by atoms with Crippen LogP contribution in [0.2, 0.25) is 0 Å².